The molecule has 3 heteroatoms. The van der Waals surface area contributed by atoms with Crippen LogP contribution in [0, 0.1) is 6.92 Å². The summed E-state index contributed by atoms with van der Waals surface area (Å²) < 4.78 is 6.72. The molecule has 2 nitrogen and oxygen atoms in total. The number of nitrogens with one attached hydrogen (secondary N) is 1. The molecule has 0 aliphatic heterocycles. The SMILES string of the molecule is CCCOCC(NC)c1cc(C)cc(Br)c1. The summed E-state index contributed by atoms with van der Waals surface area (Å²) in [6.07, 6.45) is 1.06. The van der Waals surface area contributed by atoms with Gasteiger partial charge in [-0.15, -0.1) is 0 Å². The highest BCUT2D eigenvalue weighted by atomic mass is 79.9. The summed E-state index contributed by atoms with van der Waals surface area (Å²) in [5.74, 6) is 0. The average molecular weight is 286 g/mol. The van der Waals surface area contributed by atoms with E-state index in [1.807, 2.05) is 7.05 Å². The van der Waals surface area contributed by atoms with E-state index in [1.54, 1.807) is 0 Å². The molecular weight excluding hydrogens is 266 g/mol. The van der Waals surface area contributed by atoms with Crippen molar-refractivity contribution >= 4 is 15.9 Å². The van der Waals surface area contributed by atoms with Gasteiger partial charge in [-0.05, 0) is 43.7 Å². The van der Waals surface area contributed by atoms with Crippen LogP contribution < -0.4 is 5.32 Å². The van der Waals surface area contributed by atoms with Gasteiger partial charge in [0.15, 0.2) is 0 Å². The first kappa shape index (κ1) is 13.7. The predicted octanol–water partition coefficient (Wildman–Crippen LogP) is 3.44. The minimum absolute atomic E-state index is 0.266. The van der Waals surface area contributed by atoms with Crippen molar-refractivity contribution < 1.29 is 4.74 Å². The van der Waals surface area contributed by atoms with E-state index in [2.05, 4.69) is 53.3 Å². The molecule has 0 heterocycles. The molecule has 0 spiro atoms. The minimum atomic E-state index is 0.266. The normalized spacial score (nSPS) is 12.8. The summed E-state index contributed by atoms with van der Waals surface area (Å²) in [4.78, 5) is 0. The highest BCUT2D eigenvalue weighted by molar-refractivity contribution is 9.10. The van der Waals surface area contributed by atoms with Crippen LogP contribution in [-0.4, -0.2) is 20.3 Å². The standard InChI is InChI=1S/C13H20BrNO/c1-4-5-16-9-13(15-3)11-6-10(2)7-12(14)8-11/h6-8,13,15H,4-5,9H2,1-3H3. The van der Waals surface area contributed by atoms with E-state index in [9.17, 15) is 0 Å². The fourth-order valence-corrected chi connectivity index (χ4v) is 2.28. The van der Waals surface area contributed by atoms with Crippen LogP contribution in [0.1, 0.15) is 30.5 Å². The van der Waals surface area contributed by atoms with Crippen molar-refractivity contribution in [1.82, 2.24) is 5.32 Å². The second-order valence-electron chi connectivity index (χ2n) is 3.98. The molecule has 16 heavy (non-hydrogen) atoms. The van der Waals surface area contributed by atoms with Crippen molar-refractivity contribution in [2.24, 2.45) is 0 Å². The van der Waals surface area contributed by atoms with Crippen molar-refractivity contribution in [2.75, 3.05) is 20.3 Å². The van der Waals surface area contributed by atoms with Gasteiger partial charge in [0, 0.05) is 11.1 Å². The second kappa shape index (κ2) is 7.05. The number of rotatable bonds is 6. The third-order valence-corrected chi connectivity index (χ3v) is 2.91. The van der Waals surface area contributed by atoms with E-state index in [-0.39, 0.29) is 6.04 Å². The molecule has 0 amide bonds. The number of hydrogen-bond acceptors (Lipinski definition) is 2. The molecule has 0 radical (unpaired) electrons. The highest BCUT2D eigenvalue weighted by Crippen LogP contribution is 2.20. The zero-order valence-corrected chi connectivity index (χ0v) is 11.8. The molecule has 0 aliphatic rings. The average Bonchev–Trinajstić information content (AvgIpc) is 2.23. The smallest absolute Gasteiger partial charge is 0.0661 e. The zero-order valence-electron chi connectivity index (χ0n) is 10.2. The molecule has 1 N–H and O–H groups in total. The van der Waals surface area contributed by atoms with E-state index in [0.29, 0.717) is 0 Å². The molecule has 0 saturated heterocycles. The summed E-state index contributed by atoms with van der Waals surface area (Å²) in [6, 6.07) is 6.72. The Morgan fingerprint density at radius 3 is 2.69 bits per heavy atom. The maximum atomic E-state index is 5.59. The molecule has 0 bridgehead atoms. The Kier molecular flexibility index (Phi) is 6.03. The summed E-state index contributed by atoms with van der Waals surface area (Å²) in [5.41, 5.74) is 2.53. The predicted molar refractivity (Wildman–Crippen MR) is 71.8 cm³/mol. The molecule has 0 aromatic heterocycles. The Hall–Kier alpha value is -0.380. The number of benzene rings is 1. The molecule has 1 aromatic rings. The van der Waals surface area contributed by atoms with Gasteiger partial charge in [0.25, 0.3) is 0 Å². The first-order valence-corrected chi connectivity index (χ1v) is 6.48. The minimum Gasteiger partial charge on any atom is -0.379 e. The monoisotopic (exact) mass is 285 g/mol. The number of halogens is 1. The summed E-state index contributed by atoms with van der Waals surface area (Å²) in [6.45, 7) is 5.77. The van der Waals surface area contributed by atoms with Crippen LogP contribution in [0.3, 0.4) is 0 Å². The molecule has 1 atom stereocenters. The number of likely N-dealkylation sites (N-methyl/N-ethyl adjacent to an activating group) is 1. The maximum Gasteiger partial charge on any atom is 0.0661 e. The lowest BCUT2D eigenvalue weighted by Gasteiger charge is -2.17. The van der Waals surface area contributed by atoms with Crippen molar-refractivity contribution in [1.29, 1.82) is 0 Å². The maximum absolute atomic E-state index is 5.59. The molecule has 0 aliphatic carbocycles. The lowest BCUT2D eigenvalue weighted by molar-refractivity contribution is 0.114. The van der Waals surface area contributed by atoms with Gasteiger partial charge in [-0.2, -0.15) is 0 Å². The lowest BCUT2D eigenvalue weighted by atomic mass is 10.1. The zero-order chi connectivity index (χ0) is 12.0. The summed E-state index contributed by atoms with van der Waals surface area (Å²) >= 11 is 3.52. The van der Waals surface area contributed by atoms with Gasteiger partial charge in [-0.1, -0.05) is 28.9 Å². The Bertz CT molecular complexity index is 307. The molecule has 1 aromatic carbocycles. The third kappa shape index (κ3) is 4.24. The Balaban J connectivity index is 2.70. The number of aryl methyl sites for hydroxylation is 1. The fraction of sp³-hybridized carbons (Fsp3) is 0.538. The van der Waals surface area contributed by atoms with Crippen molar-refractivity contribution in [3.8, 4) is 0 Å². The van der Waals surface area contributed by atoms with E-state index in [1.165, 1.54) is 11.1 Å². The van der Waals surface area contributed by atoms with Gasteiger partial charge >= 0.3 is 0 Å². The molecular formula is C13H20BrNO. The Labute approximate surface area is 107 Å². The van der Waals surface area contributed by atoms with Gasteiger partial charge in [0.05, 0.1) is 12.6 Å². The van der Waals surface area contributed by atoms with Crippen molar-refractivity contribution in [3.05, 3.63) is 33.8 Å². The molecule has 1 unspecified atom stereocenters. The Morgan fingerprint density at radius 2 is 2.12 bits per heavy atom. The van der Waals surface area contributed by atoms with Crippen molar-refractivity contribution in [2.45, 2.75) is 26.3 Å². The van der Waals surface area contributed by atoms with E-state index < -0.39 is 0 Å². The molecule has 1 rings (SSSR count). The van der Waals surface area contributed by atoms with Crippen LogP contribution in [0.5, 0.6) is 0 Å². The molecule has 0 fully saturated rings. The van der Waals surface area contributed by atoms with E-state index in [0.717, 1.165) is 24.1 Å². The highest BCUT2D eigenvalue weighted by Gasteiger charge is 2.10. The largest absolute Gasteiger partial charge is 0.379 e. The van der Waals surface area contributed by atoms with Crippen LogP contribution in [-0.2, 0) is 4.74 Å². The van der Waals surface area contributed by atoms with E-state index >= 15 is 0 Å². The van der Waals surface area contributed by atoms with Crippen molar-refractivity contribution in [3.63, 3.8) is 0 Å². The molecule has 90 valence electrons. The van der Waals surface area contributed by atoms with Gasteiger partial charge in [0.2, 0.25) is 0 Å². The van der Waals surface area contributed by atoms with Crippen LogP contribution >= 0.6 is 15.9 Å². The first-order chi connectivity index (χ1) is 7.67. The van der Waals surface area contributed by atoms with Gasteiger partial charge in [-0.3, -0.25) is 0 Å². The quantitative estimate of drug-likeness (QED) is 0.809. The summed E-state index contributed by atoms with van der Waals surface area (Å²) in [5, 5.41) is 3.29. The van der Waals surface area contributed by atoms with Gasteiger partial charge < -0.3 is 10.1 Å². The lowest BCUT2D eigenvalue weighted by Crippen LogP contribution is -2.22. The summed E-state index contributed by atoms with van der Waals surface area (Å²) in [7, 11) is 1.97. The first-order valence-electron chi connectivity index (χ1n) is 5.69. The van der Waals surface area contributed by atoms with Crippen LogP contribution in [0.25, 0.3) is 0 Å². The number of ether oxygens (including phenoxy) is 1. The Morgan fingerprint density at radius 1 is 1.38 bits per heavy atom. The fourth-order valence-electron chi connectivity index (χ4n) is 1.66. The van der Waals surface area contributed by atoms with Crippen LogP contribution in [0.15, 0.2) is 22.7 Å². The second-order valence-corrected chi connectivity index (χ2v) is 4.89. The van der Waals surface area contributed by atoms with Crippen LogP contribution in [0.2, 0.25) is 0 Å². The van der Waals surface area contributed by atoms with E-state index in [4.69, 9.17) is 4.74 Å². The topological polar surface area (TPSA) is 21.3 Å². The van der Waals surface area contributed by atoms with Gasteiger partial charge in [0.1, 0.15) is 0 Å². The molecule has 0 saturated carbocycles. The van der Waals surface area contributed by atoms with Gasteiger partial charge in [-0.25, -0.2) is 0 Å². The van der Waals surface area contributed by atoms with Crippen LogP contribution in [0.4, 0.5) is 0 Å². The number of hydrogen-bond donors (Lipinski definition) is 1. The third-order valence-electron chi connectivity index (χ3n) is 2.45.